The number of rotatable bonds is 3. The highest BCUT2D eigenvalue weighted by molar-refractivity contribution is 6.45. The molecule has 0 saturated heterocycles. The molecule has 0 aromatic heterocycles. The molecule has 0 aliphatic rings. The van der Waals surface area contributed by atoms with Gasteiger partial charge in [-0.15, -0.1) is 23.2 Å². The molecule has 0 N–H and O–H groups in total. The molecule has 2 rings (SSSR count). The van der Waals surface area contributed by atoms with Crippen molar-refractivity contribution in [3.05, 3.63) is 70.7 Å². The topological polar surface area (TPSA) is 0 Å². The molecule has 0 nitrogen and oxygen atoms in total. The van der Waals surface area contributed by atoms with Crippen LogP contribution in [0.15, 0.2) is 54.6 Å². The molecule has 3 heteroatoms. The number of hydrogen-bond acceptors (Lipinski definition) is 0. The summed E-state index contributed by atoms with van der Waals surface area (Å²) in [7, 11) is 0. The van der Waals surface area contributed by atoms with E-state index in [4.69, 9.17) is 34.8 Å². The molecule has 0 amide bonds. The smallest absolute Gasteiger partial charge is 0.104 e. The van der Waals surface area contributed by atoms with E-state index in [1.165, 1.54) is 0 Å². The second-order valence-corrected chi connectivity index (χ2v) is 5.32. The first-order valence-corrected chi connectivity index (χ1v) is 6.52. The Morgan fingerprint density at radius 1 is 0.765 bits per heavy atom. The largest absolute Gasteiger partial charge is 0.118 e. The van der Waals surface area contributed by atoms with Crippen molar-refractivity contribution >= 4 is 34.8 Å². The van der Waals surface area contributed by atoms with E-state index in [1.807, 2.05) is 54.6 Å². The maximum Gasteiger partial charge on any atom is 0.118 e. The van der Waals surface area contributed by atoms with E-state index in [0.29, 0.717) is 5.02 Å². The van der Waals surface area contributed by atoms with Gasteiger partial charge in [0, 0.05) is 10.9 Å². The molecular weight excluding hydrogens is 275 g/mol. The molecule has 0 spiro atoms. The Morgan fingerprint density at radius 2 is 1.35 bits per heavy atom. The van der Waals surface area contributed by atoms with Crippen LogP contribution in [0.25, 0.3) is 0 Å². The average molecular weight is 286 g/mol. The fraction of sp³-hybridized carbons (Fsp3) is 0.143. The highest BCUT2D eigenvalue weighted by Gasteiger charge is 2.23. The summed E-state index contributed by atoms with van der Waals surface area (Å²) in [5.74, 6) is -0.103. The van der Waals surface area contributed by atoms with Gasteiger partial charge in [0.15, 0.2) is 0 Å². The van der Waals surface area contributed by atoms with Crippen LogP contribution < -0.4 is 0 Å². The number of benzene rings is 2. The standard InChI is InChI=1S/C14H11Cl3/c15-12-9-5-4-8-11(12)13(14(16)17)10-6-2-1-3-7-10/h1-9,13-14H. The fourth-order valence-electron chi connectivity index (χ4n) is 1.85. The van der Waals surface area contributed by atoms with Crippen molar-refractivity contribution in [2.24, 2.45) is 0 Å². The predicted molar refractivity (Wildman–Crippen MR) is 75.2 cm³/mol. The van der Waals surface area contributed by atoms with Crippen molar-refractivity contribution < 1.29 is 0 Å². The molecule has 0 bridgehead atoms. The van der Waals surface area contributed by atoms with Crippen LogP contribution in [0, 0.1) is 0 Å². The minimum Gasteiger partial charge on any atom is -0.104 e. The first kappa shape index (κ1) is 12.8. The molecule has 0 radical (unpaired) electrons. The summed E-state index contributed by atoms with van der Waals surface area (Å²) in [6, 6.07) is 17.5. The minimum absolute atomic E-state index is 0.103. The van der Waals surface area contributed by atoms with Gasteiger partial charge >= 0.3 is 0 Å². The molecular formula is C14H11Cl3. The molecule has 0 fully saturated rings. The van der Waals surface area contributed by atoms with Crippen molar-refractivity contribution in [3.8, 4) is 0 Å². The Morgan fingerprint density at radius 3 is 1.94 bits per heavy atom. The van der Waals surface area contributed by atoms with Crippen molar-refractivity contribution in [1.82, 2.24) is 0 Å². The van der Waals surface area contributed by atoms with E-state index < -0.39 is 4.84 Å². The van der Waals surface area contributed by atoms with Crippen LogP contribution in [0.5, 0.6) is 0 Å². The van der Waals surface area contributed by atoms with E-state index in [1.54, 1.807) is 0 Å². The Hall–Kier alpha value is -0.690. The minimum atomic E-state index is -0.530. The summed E-state index contributed by atoms with van der Waals surface area (Å²) < 4.78 is 0. The third-order valence-corrected chi connectivity index (χ3v) is 3.50. The van der Waals surface area contributed by atoms with Crippen LogP contribution in [0.3, 0.4) is 0 Å². The lowest BCUT2D eigenvalue weighted by Gasteiger charge is -2.20. The molecule has 0 heterocycles. The van der Waals surface area contributed by atoms with E-state index in [0.717, 1.165) is 11.1 Å². The van der Waals surface area contributed by atoms with Crippen molar-refractivity contribution in [2.75, 3.05) is 0 Å². The molecule has 0 aliphatic carbocycles. The highest BCUT2D eigenvalue weighted by atomic mass is 35.5. The van der Waals surface area contributed by atoms with Crippen LogP contribution in [-0.2, 0) is 0 Å². The van der Waals surface area contributed by atoms with Gasteiger partial charge in [-0.3, -0.25) is 0 Å². The van der Waals surface area contributed by atoms with E-state index >= 15 is 0 Å². The third kappa shape index (κ3) is 2.95. The maximum atomic E-state index is 6.20. The quantitative estimate of drug-likeness (QED) is 0.673. The van der Waals surface area contributed by atoms with Gasteiger partial charge in [0.05, 0.1) is 0 Å². The zero-order valence-electron chi connectivity index (χ0n) is 8.98. The fourth-order valence-corrected chi connectivity index (χ4v) is 2.66. The second kappa shape index (κ2) is 5.77. The van der Waals surface area contributed by atoms with E-state index in [2.05, 4.69) is 0 Å². The molecule has 0 aliphatic heterocycles. The normalized spacial score (nSPS) is 12.7. The second-order valence-electron chi connectivity index (χ2n) is 3.74. The first-order chi connectivity index (χ1) is 8.20. The van der Waals surface area contributed by atoms with Gasteiger partial charge in [0.2, 0.25) is 0 Å². The van der Waals surface area contributed by atoms with Crippen LogP contribution in [0.4, 0.5) is 0 Å². The summed E-state index contributed by atoms with van der Waals surface area (Å²) >= 11 is 18.4. The molecule has 88 valence electrons. The lowest BCUT2D eigenvalue weighted by atomic mass is 9.93. The predicted octanol–water partition coefficient (Wildman–Crippen LogP) is 5.28. The molecule has 1 unspecified atom stereocenters. The summed E-state index contributed by atoms with van der Waals surface area (Å²) in [5.41, 5.74) is 2.02. The van der Waals surface area contributed by atoms with Gasteiger partial charge in [-0.1, -0.05) is 60.1 Å². The van der Waals surface area contributed by atoms with Crippen LogP contribution >= 0.6 is 34.8 Å². The average Bonchev–Trinajstić information content (AvgIpc) is 2.33. The zero-order valence-corrected chi connectivity index (χ0v) is 11.3. The van der Waals surface area contributed by atoms with Crippen molar-refractivity contribution in [1.29, 1.82) is 0 Å². The Labute approximate surface area is 116 Å². The Kier molecular flexibility index (Phi) is 4.33. The van der Waals surface area contributed by atoms with Crippen LogP contribution in [-0.4, -0.2) is 4.84 Å². The number of hydrogen-bond donors (Lipinski definition) is 0. The van der Waals surface area contributed by atoms with Crippen molar-refractivity contribution in [2.45, 2.75) is 10.8 Å². The van der Waals surface area contributed by atoms with Gasteiger partial charge in [-0.05, 0) is 17.2 Å². The third-order valence-electron chi connectivity index (χ3n) is 2.65. The van der Waals surface area contributed by atoms with Gasteiger partial charge in [-0.25, -0.2) is 0 Å². The van der Waals surface area contributed by atoms with Crippen LogP contribution in [0.2, 0.25) is 5.02 Å². The Bertz CT molecular complexity index is 480. The maximum absolute atomic E-state index is 6.20. The van der Waals surface area contributed by atoms with Gasteiger partial charge in [0.25, 0.3) is 0 Å². The lowest BCUT2D eigenvalue weighted by Crippen LogP contribution is -2.09. The van der Waals surface area contributed by atoms with E-state index in [-0.39, 0.29) is 5.92 Å². The highest BCUT2D eigenvalue weighted by Crippen LogP contribution is 2.36. The van der Waals surface area contributed by atoms with Crippen molar-refractivity contribution in [3.63, 3.8) is 0 Å². The lowest BCUT2D eigenvalue weighted by molar-refractivity contribution is 0.887. The first-order valence-electron chi connectivity index (χ1n) is 5.27. The summed E-state index contributed by atoms with van der Waals surface area (Å²) in [5, 5.41) is 0.688. The van der Waals surface area contributed by atoms with Gasteiger partial charge < -0.3 is 0 Å². The van der Waals surface area contributed by atoms with Crippen LogP contribution in [0.1, 0.15) is 17.0 Å². The van der Waals surface area contributed by atoms with Gasteiger partial charge in [0.1, 0.15) is 4.84 Å². The Balaban J connectivity index is 2.47. The summed E-state index contributed by atoms with van der Waals surface area (Å²) in [4.78, 5) is -0.530. The van der Waals surface area contributed by atoms with E-state index in [9.17, 15) is 0 Å². The number of halogens is 3. The number of alkyl halides is 2. The summed E-state index contributed by atoms with van der Waals surface area (Å²) in [6.45, 7) is 0. The molecule has 2 aromatic carbocycles. The SMILES string of the molecule is Clc1ccccc1C(c1ccccc1)C(Cl)Cl. The summed E-state index contributed by atoms with van der Waals surface area (Å²) in [6.07, 6.45) is 0. The molecule has 2 aromatic rings. The molecule has 0 saturated carbocycles. The van der Waals surface area contributed by atoms with Gasteiger partial charge in [-0.2, -0.15) is 0 Å². The molecule has 1 atom stereocenters. The molecule has 17 heavy (non-hydrogen) atoms. The monoisotopic (exact) mass is 284 g/mol. The zero-order chi connectivity index (χ0) is 12.3.